The molecule has 4 saturated heterocycles. The lowest BCUT2D eigenvalue weighted by atomic mass is 9.90. The molecule has 0 N–H and O–H groups in total. The zero-order valence-corrected chi connectivity index (χ0v) is 22.4. The van der Waals surface area contributed by atoms with Crippen molar-refractivity contribution >= 4 is 21.5 Å². The first kappa shape index (κ1) is 24.3. The van der Waals surface area contributed by atoms with Gasteiger partial charge in [-0.15, -0.1) is 0 Å². The van der Waals surface area contributed by atoms with Crippen LogP contribution in [0.15, 0.2) is 48.5 Å². The van der Waals surface area contributed by atoms with E-state index in [2.05, 4.69) is 56.3 Å². The van der Waals surface area contributed by atoms with Gasteiger partial charge >= 0.3 is 0 Å². The third-order valence-electron chi connectivity index (χ3n) is 7.64. The second kappa shape index (κ2) is 9.52. The highest BCUT2D eigenvalue weighted by atomic mass is 16.8. The van der Waals surface area contributed by atoms with Crippen molar-refractivity contribution in [2.75, 3.05) is 26.4 Å². The van der Waals surface area contributed by atoms with E-state index in [1.165, 1.54) is 10.9 Å². The minimum Gasteiger partial charge on any atom is -0.462 e. The fourth-order valence-corrected chi connectivity index (χ4v) is 5.36. The highest BCUT2D eigenvalue weighted by Gasteiger charge is 2.30. The molecular weight excluding hydrogens is 512 g/mol. The summed E-state index contributed by atoms with van der Waals surface area (Å²) in [5.41, 5.74) is 4.42. The Hall–Kier alpha value is -3.56. The summed E-state index contributed by atoms with van der Waals surface area (Å²) in [4.78, 5) is 0. The molecule has 4 aliphatic rings. The summed E-state index contributed by atoms with van der Waals surface area (Å²) in [6.45, 7) is 6.67. The summed E-state index contributed by atoms with van der Waals surface area (Å²) in [6, 6.07) is 16.7. The first-order valence-electron chi connectivity index (χ1n) is 13.9. The summed E-state index contributed by atoms with van der Waals surface area (Å²) in [5, 5.41) is 4.45. The van der Waals surface area contributed by atoms with Crippen LogP contribution in [0.2, 0.25) is 0 Å². The number of benzene rings is 4. The lowest BCUT2D eigenvalue weighted by Crippen LogP contribution is -2.07. The number of fused-ring (bicyclic) bond motifs is 2. The Labute approximate surface area is 231 Å². The van der Waals surface area contributed by atoms with Crippen molar-refractivity contribution in [1.82, 2.24) is 0 Å². The Kier molecular flexibility index (Phi) is 5.77. The van der Waals surface area contributed by atoms with Gasteiger partial charge in [0.2, 0.25) is 25.2 Å². The average molecular weight is 543 g/mol. The largest absolute Gasteiger partial charge is 0.462 e. The maximum atomic E-state index is 6.30. The molecular formula is C32H30O8. The van der Waals surface area contributed by atoms with E-state index < -0.39 is 0 Å². The fourth-order valence-electron chi connectivity index (χ4n) is 5.36. The monoisotopic (exact) mass is 542 g/mol. The van der Waals surface area contributed by atoms with E-state index in [0.29, 0.717) is 32.8 Å². The zero-order valence-electron chi connectivity index (χ0n) is 22.4. The summed E-state index contributed by atoms with van der Waals surface area (Å²) in [5.74, 6) is 3.15. The molecule has 8 heteroatoms. The normalized spacial score (nSPS) is 24.1. The van der Waals surface area contributed by atoms with Crippen molar-refractivity contribution in [3.63, 3.8) is 0 Å². The Morgan fingerprint density at radius 1 is 0.600 bits per heavy atom. The second-order valence-electron chi connectivity index (χ2n) is 10.7. The maximum absolute atomic E-state index is 6.30. The molecule has 206 valence electrons. The van der Waals surface area contributed by atoms with Gasteiger partial charge < -0.3 is 37.9 Å². The van der Waals surface area contributed by atoms with E-state index in [0.717, 1.165) is 62.3 Å². The molecule has 4 aliphatic heterocycles. The van der Waals surface area contributed by atoms with E-state index in [4.69, 9.17) is 37.9 Å². The van der Waals surface area contributed by atoms with Crippen molar-refractivity contribution in [1.29, 1.82) is 0 Å². The number of epoxide rings is 4. The van der Waals surface area contributed by atoms with E-state index >= 15 is 0 Å². The molecule has 8 nitrogen and oxygen atoms in total. The van der Waals surface area contributed by atoms with Gasteiger partial charge in [0.25, 0.3) is 0 Å². The number of ether oxygens (including phenoxy) is 8. The molecule has 4 aromatic carbocycles. The zero-order chi connectivity index (χ0) is 26.8. The molecule has 4 fully saturated rings. The summed E-state index contributed by atoms with van der Waals surface area (Å²) < 4.78 is 46.3. The number of hydrogen-bond donors (Lipinski definition) is 0. The topological polar surface area (TPSA) is 87.0 Å². The van der Waals surface area contributed by atoms with Crippen LogP contribution >= 0.6 is 0 Å². The van der Waals surface area contributed by atoms with Crippen LogP contribution in [-0.2, 0) is 31.8 Å². The number of rotatable bonds is 11. The van der Waals surface area contributed by atoms with Crippen LogP contribution in [0.1, 0.15) is 29.2 Å². The van der Waals surface area contributed by atoms with Gasteiger partial charge in [-0.2, -0.15) is 0 Å². The molecule has 0 spiro atoms. The number of hydrogen-bond acceptors (Lipinski definition) is 8. The lowest BCUT2D eigenvalue weighted by molar-refractivity contribution is 0.177. The van der Waals surface area contributed by atoms with E-state index in [-0.39, 0.29) is 25.2 Å². The van der Waals surface area contributed by atoms with Gasteiger partial charge in [0.1, 0.15) is 49.4 Å². The van der Waals surface area contributed by atoms with Crippen LogP contribution in [0.25, 0.3) is 21.5 Å². The average Bonchev–Trinajstić information content (AvgIpc) is 3.75. The molecule has 4 aromatic rings. The SMILES string of the molecule is CCc1cc(OC2CO2)cc2c(Cc3c(OC4CO4)ccc4c(C)cc(OC5CO5)cc34)c(OC3CO3)ccc12. The van der Waals surface area contributed by atoms with Gasteiger partial charge in [-0.3, -0.25) is 0 Å². The van der Waals surface area contributed by atoms with Gasteiger partial charge in [0, 0.05) is 17.5 Å². The Balaban J connectivity index is 1.32. The molecule has 0 amide bonds. The van der Waals surface area contributed by atoms with Crippen LogP contribution in [0.5, 0.6) is 23.0 Å². The minimum absolute atomic E-state index is 0.182. The quantitative estimate of drug-likeness (QED) is 0.233. The Morgan fingerprint density at radius 2 is 1.07 bits per heavy atom. The van der Waals surface area contributed by atoms with Crippen LogP contribution in [-0.4, -0.2) is 51.6 Å². The third-order valence-corrected chi connectivity index (χ3v) is 7.64. The molecule has 0 radical (unpaired) electrons. The van der Waals surface area contributed by atoms with Gasteiger partial charge in [-0.05, 0) is 82.4 Å². The third kappa shape index (κ3) is 4.92. The van der Waals surface area contributed by atoms with Crippen molar-refractivity contribution < 1.29 is 37.9 Å². The Bertz CT molecular complexity index is 1620. The minimum atomic E-state index is -0.232. The van der Waals surface area contributed by atoms with Gasteiger partial charge in [0.05, 0.1) is 0 Å². The molecule has 40 heavy (non-hydrogen) atoms. The lowest BCUT2D eigenvalue weighted by Gasteiger charge is -2.20. The molecule has 4 unspecified atom stereocenters. The van der Waals surface area contributed by atoms with Crippen molar-refractivity contribution in [2.45, 2.75) is 51.8 Å². The molecule has 4 heterocycles. The predicted octanol–water partition coefficient (Wildman–Crippen LogP) is 5.40. The van der Waals surface area contributed by atoms with E-state index in [1.807, 2.05) is 6.07 Å². The highest BCUT2D eigenvalue weighted by molar-refractivity contribution is 5.95. The first-order valence-corrected chi connectivity index (χ1v) is 13.9. The molecule has 0 bridgehead atoms. The highest BCUT2D eigenvalue weighted by Crippen LogP contribution is 2.42. The van der Waals surface area contributed by atoms with Gasteiger partial charge in [0.15, 0.2) is 0 Å². The Morgan fingerprint density at radius 3 is 1.60 bits per heavy atom. The maximum Gasteiger partial charge on any atom is 0.223 e. The van der Waals surface area contributed by atoms with Crippen LogP contribution in [0.3, 0.4) is 0 Å². The van der Waals surface area contributed by atoms with Crippen molar-refractivity contribution in [3.8, 4) is 23.0 Å². The smallest absolute Gasteiger partial charge is 0.223 e. The van der Waals surface area contributed by atoms with E-state index in [1.54, 1.807) is 0 Å². The second-order valence-corrected chi connectivity index (χ2v) is 10.7. The summed E-state index contributed by atoms with van der Waals surface area (Å²) in [6.07, 6.45) is 0.606. The van der Waals surface area contributed by atoms with Gasteiger partial charge in [-0.1, -0.05) is 19.1 Å². The van der Waals surface area contributed by atoms with Crippen LogP contribution in [0, 0.1) is 6.92 Å². The van der Waals surface area contributed by atoms with Crippen LogP contribution in [0.4, 0.5) is 0 Å². The predicted molar refractivity (Wildman–Crippen MR) is 146 cm³/mol. The van der Waals surface area contributed by atoms with Crippen LogP contribution < -0.4 is 18.9 Å². The van der Waals surface area contributed by atoms with E-state index in [9.17, 15) is 0 Å². The summed E-state index contributed by atoms with van der Waals surface area (Å²) >= 11 is 0. The summed E-state index contributed by atoms with van der Waals surface area (Å²) in [7, 11) is 0. The number of aryl methyl sites for hydroxylation is 2. The van der Waals surface area contributed by atoms with Gasteiger partial charge in [-0.25, -0.2) is 0 Å². The standard InChI is InChI=1S/C32H30O8/c1-3-18-9-20(38-30-14-34-30)11-24-22(18)5-7-28(40-32-16-36-32)26(24)12-25-23-10-19(37-29-13-33-29)8-17(2)21(23)4-6-27(25)39-31-15-35-31/h4-11,29-32H,3,12-16H2,1-2H3. The van der Waals surface area contributed by atoms with Crippen molar-refractivity contribution in [2.24, 2.45) is 0 Å². The molecule has 8 rings (SSSR count). The molecule has 4 atom stereocenters. The molecule has 0 aromatic heterocycles. The fraction of sp³-hybridized carbons (Fsp3) is 0.375. The van der Waals surface area contributed by atoms with Crippen molar-refractivity contribution in [3.05, 3.63) is 70.8 Å². The first-order chi connectivity index (χ1) is 19.6. The molecule has 0 saturated carbocycles. The molecule has 0 aliphatic carbocycles.